The molecule has 0 fully saturated rings. The summed E-state index contributed by atoms with van der Waals surface area (Å²) in [5.41, 5.74) is 5.68. The zero-order valence-corrected chi connectivity index (χ0v) is 10.6. The van der Waals surface area contributed by atoms with Crippen molar-refractivity contribution in [2.75, 3.05) is 7.11 Å². The molecule has 2 aromatic rings. The number of halogens is 2. The van der Waals surface area contributed by atoms with E-state index >= 15 is 0 Å². The first kappa shape index (κ1) is 13.8. The van der Waals surface area contributed by atoms with E-state index in [2.05, 4.69) is 0 Å². The van der Waals surface area contributed by atoms with Crippen LogP contribution in [-0.4, -0.2) is 12.9 Å². The van der Waals surface area contributed by atoms with Crippen molar-refractivity contribution in [2.45, 2.75) is 0 Å². The van der Waals surface area contributed by atoms with E-state index in [1.165, 1.54) is 19.2 Å². The third-order valence-corrected chi connectivity index (χ3v) is 2.59. The monoisotopic (exact) mass is 278 g/mol. The fraction of sp³-hybridized carbons (Fsp3) is 0.0714. The van der Waals surface area contributed by atoms with Crippen LogP contribution in [0.3, 0.4) is 0 Å². The Hall–Kier alpha value is -2.63. The summed E-state index contributed by atoms with van der Waals surface area (Å²) in [6.07, 6.45) is 0. The van der Waals surface area contributed by atoms with E-state index in [0.717, 1.165) is 18.2 Å². The average molecular weight is 278 g/mol. The first-order valence-corrected chi connectivity index (χ1v) is 5.66. The van der Waals surface area contributed by atoms with Crippen molar-refractivity contribution in [1.29, 1.82) is 5.41 Å². The fourth-order valence-electron chi connectivity index (χ4n) is 1.61. The van der Waals surface area contributed by atoms with Gasteiger partial charge in [0.25, 0.3) is 0 Å². The molecule has 0 heterocycles. The van der Waals surface area contributed by atoms with Crippen molar-refractivity contribution in [2.24, 2.45) is 5.73 Å². The van der Waals surface area contributed by atoms with Gasteiger partial charge < -0.3 is 15.2 Å². The summed E-state index contributed by atoms with van der Waals surface area (Å²) >= 11 is 0. The predicted octanol–water partition coefficient (Wildman–Crippen LogP) is 3.05. The van der Waals surface area contributed by atoms with Crippen LogP contribution < -0.4 is 15.2 Å². The molecule has 2 rings (SSSR count). The summed E-state index contributed by atoms with van der Waals surface area (Å²) in [5, 5.41) is 7.45. The minimum atomic E-state index is -0.719. The number of methoxy groups -OCH3 is 1. The molecule has 0 aliphatic carbocycles. The molecular weight excluding hydrogens is 266 g/mol. The van der Waals surface area contributed by atoms with Crippen LogP contribution in [0.2, 0.25) is 0 Å². The summed E-state index contributed by atoms with van der Waals surface area (Å²) in [5.74, 6) is -1.33. The van der Waals surface area contributed by atoms with Gasteiger partial charge in [-0.15, -0.1) is 0 Å². The van der Waals surface area contributed by atoms with Gasteiger partial charge in [-0.2, -0.15) is 0 Å². The van der Waals surface area contributed by atoms with E-state index in [0.29, 0.717) is 5.75 Å². The number of rotatable bonds is 4. The molecule has 20 heavy (non-hydrogen) atoms. The molecule has 4 nitrogen and oxygen atoms in total. The van der Waals surface area contributed by atoms with Crippen LogP contribution in [0, 0.1) is 17.0 Å². The maximum absolute atomic E-state index is 13.6. The molecule has 0 unspecified atom stereocenters. The molecular formula is C14H12F2N2O2. The molecule has 0 saturated heterocycles. The van der Waals surface area contributed by atoms with Crippen LogP contribution in [0.4, 0.5) is 8.78 Å². The number of nitrogen functional groups attached to an aromatic ring is 1. The van der Waals surface area contributed by atoms with E-state index in [9.17, 15) is 8.78 Å². The highest BCUT2D eigenvalue weighted by atomic mass is 19.1. The summed E-state index contributed by atoms with van der Waals surface area (Å²) in [7, 11) is 1.45. The van der Waals surface area contributed by atoms with Gasteiger partial charge in [-0.3, -0.25) is 5.41 Å². The first-order chi connectivity index (χ1) is 9.51. The quantitative estimate of drug-likeness (QED) is 0.667. The van der Waals surface area contributed by atoms with Gasteiger partial charge >= 0.3 is 0 Å². The number of nitrogens with two attached hydrogens (primary N) is 1. The third kappa shape index (κ3) is 2.85. The van der Waals surface area contributed by atoms with Crippen molar-refractivity contribution >= 4 is 5.84 Å². The zero-order chi connectivity index (χ0) is 14.7. The molecule has 0 spiro atoms. The summed E-state index contributed by atoms with van der Waals surface area (Å²) in [4.78, 5) is 0. The lowest BCUT2D eigenvalue weighted by Gasteiger charge is -2.12. The van der Waals surface area contributed by atoms with Crippen molar-refractivity contribution in [3.63, 3.8) is 0 Å². The number of benzene rings is 2. The largest absolute Gasteiger partial charge is 0.497 e. The van der Waals surface area contributed by atoms with E-state index in [-0.39, 0.29) is 22.9 Å². The van der Waals surface area contributed by atoms with Crippen molar-refractivity contribution < 1.29 is 18.3 Å². The van der Waals surface area contributed by atoms with Crippen molar-refractivity contribution in [3.05, 3.63) is 53.6 Å². The fourth-order valence-corrected chi connectivity index (χ4v) is 1.61. The number of hydrogen-bond acceptors (Lipinski definition) is 3. The Balaban J connectivity index is 2.45. The molecule has 2 aromatic carbocycles. The zero-order valence-electron chi connectivity index (χ0n) is 10.6. The highest BCUT2D eigenvalue weighted by Gasteiger charge is 2.12. The number of nitrogens with one attached hydrogen (secondary N) is 1. The second-order valence-corrected chi connectivity index (χ2v) is 3.95. The van der Waals surface area contributed by atoms with Crippen LogP contribution in [0.5, 0.6) is 17.2 Å². The van der Waals surface area contributed by atoms with Crippen LogP contribution in [0.1, 0.15) is 5.56 Å². The van der Waals surface area contributed by atoms with Gasteiger partial charge in [-0.25, -0.2) is 8.78 Å². The van der Waals surface area contributed by atoms with Crippen LogP contribution in [0.15, 0.2) is 36.4 Å². The number of ether oxygens (including phenoxy) is 2. The third-order valence-electron chi connectivity index (χ3n) is 2.59. The highest BCUT2D eigenvalue weighted by Crippen LogP contribution is 2.31. The Morgan fingerprint density at radius 2 is 1.85 bits per heavy atom. The molecule has 0 bridgehead atoms. The Labute approximate surface area is 114 Å². The normalized spacial score (nSPS) is 10.2. The first-order valence-electron chi connectivity index (χ1n) is 5.66. The topological polar surface area (TPSA) is 68.3 Å². The molecule has 0 radical (unpaired) electrons. The Morgan fingerprint density at radius 1 is 1.10 bits per heavy atom. The molecule has 6 heteroatoms. The Kier molecular flexibility index (Phi) is 3.84. The predicted molar refractivity (Wildman–Crippen MR) is 70.4 cm³/mol. The van der Waals surface area contributed by atoms with Gasteiger partial charge in [0.15, 0.2) is 11.6 Å². The summed E-state index contributed by atoms with van der Waals surface area (Å²) < 4.78 is 37.0. The Bertz CT molecular complexity index is 660. The van der Waals surface area contributed by atoms with E-state index in [1.807, 2.05) is 0 Å². The van der Waals surface area contributed by atoms with Crippen LogP contribution in [0.25, 0.3) is 0 Å². The molecule has 0 saturated carbocycles. The second-order valence-electron chi connectivity index (χ2n) is 3.95. The van der Waals surface area contributed by atoms with Crippen LogP contribution >= 0.6 is 0 Å². The van der Waals surface area contributed by atoms with E-state index in [1.54, 1.807) is 6.07 Å². The molecule has 0 amide bonds. The maximum Gasteiger partial charge on any atom is 0.166 e. The number of amidine groups is 1. The highest BCUT2D eigenvalue weighted by molar-refractivity contribution is 5.97. The summed E-state index contributed by atoms with van der Waals surface area (Å²) in [6, 6.07) is 7.40. The van der Waals surface area contributed by atoms with Crippen molar-refractivity contribution in [1.82, 2.24) is 0 Å². The maximum atomic E-state index is 13.6. The molecule has 0 aromatic heterocycles. The lowest BCUT2D eigenvalue weighted by Crippen LogP contribution is -2.12. The van der Waals surface area contributed by atoms with Gasteiger partial charge in [0, 0.05) is 12.1 Å². The minimum Gasteiger partial charge on any atom is -0.497 e. The van der Waals surface area contributed by atoms with Gasteiger partial charge in [0.2, 0.25) is 0 Å². The van der Waals surface area contributed by atoms with E-state index < -0.39 is 11.6 Å². The number of hydrogen-bond donors (Lipinski definition) is 2. The second kappa shape index (κ2) is 5.56. The van der Waals surface area contributed by atoms with Gasteiger partial charge in [-0.1, -0.05) is 0 Å². The average Bonchev–Trinajstić information content (AvgIpc) is 2.42. The smallest absolute Gasteiger partial charge is 0.166 e. The lowest BCUT2D eigenvalue weighted by molar-refractivity contribution is 0.404. The SMILES string of the molecule is COc1ccc(C(=N)N)c(Oc2cc(F)ccc2F)c1. The van der Waals surface area contributed by atoms with Crippen molar-refractivity contribution in [3.8, 4) is 17.2 Å². The minimum absolute atomic E-state index is 0.112. The molecule has 0 aliphatic rings. The van der Waals surface area contributed by atoms with Gasteiger partial charge in [-0.05, 0) is 24.3 Å². The summed E-state index contributed by atoms with van der Waals surface area (Å²) in [6.45, 7) is 0. The Morgan fingerprint density at radius 3 is 2.50 bits per heavy atom. The van der Waals surface area contributed by atoms with Crippen LogP contribution in [-0.2, 0) is 0 Å². The van der Waals surface area contributed by atoms with E-state index in [4.69, 9.17) is 20.6 Å². The molecule has 3 N–H and O–H groups in total. The lowest BCUT2D eigenvalue weighted by atomic mass is 10.1. The molecule has 0 atom stereocenters. The van der Waals surface area contributed by atoms with Gasteiger partial charge in [0.05, 0.1) is 12.7 Å². The van der Waals surface area contributed by atoms with Gasteiger partial charge in [0.1, 0.15) is 23.2 Å². The molecule has 104 valence electrons. The standard InChI is InChI=1S/C14H12F2N2O2/c1-19-9-3-4-10(14(17)18)12(7-9)20-13-6-8(15)2-5-11(13)16/h2-7H,1H3,(H3,17,18). The molecule has 0 aliphatic heterocycles.